The molecule has 3 heteroatoms. The summed E-state index contributed by atoms with van der Waals surface area (Å²) < 4.78 is 0. The molecule has 1 fully saturated rings. The molecule has 0 bridgehead atoms. The number of nitrogens with zero attached hydrogens (tertiary/aromatic N) is 1. The Morgan fingerprint density at radius 3 is 2.33 bits per heavy atom. The van der Waals surface area contributed by atoms with E-state index in [0.717, 1.165) is 42.6 Å². The van der Waals surface area contributed by atoms with Gasteiger partial charge in [-0.05, 0) is 63.4 Å². The van der Waals surface area contributed by atoms with Gasteiger partial charge < -0.3 is 5.32 Å². The minimum Gasteiger partial charge on any atom is -0.343 e. The number of aryl methyl sites for hydroxylation is 1. The van der Waals surface area contributed by atoms with E-state index in [0.29, 0.717) is 0 Å². The summed E-state index contributed by atoms with van der Waals surface area (Å²) in [6.45, 7) is 8.86. The van der Waals surface area contributed by atoms with Crippen LogP contribution in [0.2, 0.25) is 0 Å². The molecule has 1 saturated heterocycles. The summed E-state index contributed by atoms with van der Waals surface area (Å²) in [5, 5.41) is 3.38. The van der Waals surface area contributed by atoms with Crippen LogP contribution in [-0.2, 0) is 6.42 Å². The molecule has 1 atom stereocenters. The molecule has 144 valence electrons. The molecule has 2 aromatic carbocycles. The van der Waals surface area contributed by atoms with Crippen molar-refractivity contribution >= 4 is 5.91 Å². The number of rotatable bonds is 7. The fraction of sp³-hybridized carbons (Fsp3) is 0.458. The van der Waals surface area contributed by atoms with Gasteiger partial charge in [-0.25, -0.2) is 0 Å². The maximum absolute atomic E-state index is 13.3. The van der Waals surface area contributed by atoms with Crippen LogP contribution in [0.1, 0.15) is 67.6 Å². The molecular formula is C24H32N2O. The highest BCUT2D eigenvalue weighted by Gasteiger charge is 2.38. The van der Waals surface area contributed by atoms with E-state index in [1.807, 2.05) is 24.3 Å². The Kier molecular flexibility index (Phi) is 6.33. The molecule has 1 heterocycles. The first-order valence-corrected chi connectivity index (χ1v) is 10.2. The lowest BCUT2D eigenvalue weighted by Crippen LogP contribution is -2.52. The second kappa shape index (κ2) is 8.71. The third-order valence-corrected chi connectivity index (χ3v) is 5.82. The van der Waals surface area contributed by atoms with Crippen LogP contribution in [0.15, 0.2) is 54.6 Å². The van der Waals surface area contributed by atoms with Gasteiger partial charge in [0, 0.05) is 11.1 Å². The first-order valence-electron chi connectivity index (χ1n) is 10.2. The van der Waals surface area contributed by atoms with Crippen LogP contribution in [0.25, 0.3) is 0 Å². The van der Waals surface area contributed by atoms with Crippen LogP contribution in [0.5, 0.6) is 0 Å². The number of likely N-dealkylation sites (tertiary alicyclic amines) is 1. The first kappa shape index (κ1) is 19.6. The molecule has 1 unspecified atom stereocenters. The van der Waals surface area contributed by atoms with Gasteiger partial charge >= 0.3 is 0 Å². The van der Waals surface area contributed by atoms with Crippen molar-refractivity contribution in [3.8, 4) is 0 Å². The second-order valence-corrected chi connectivity index (χ2v) is 8.07. The number of nitrogens with one attached hydrogen (secondary N) is 1. The van der Waals surface area contributed by atoms with E-state index >= 15 is 0 Å². The van der Waals surface area contributed by atoms with E-state index in [4.69, 9.17) is 0 Å². The van der Waals surface area contributed by atoms with Crippen LogP contribution in [0.4, 0.5) is 0 Å². The lowest BCUT2D eigenvalue weighted by molar-refractivity contribution is 0.0778. The summed E-state index contributed by atoms with van der Waals surface area (Å²) in [6, 6.07) is 18.3. The SMILES string of the molecule is CCCc1ccccc1C(=O)NC(c1ccccc1)C(C)(C)N1CCCC1. The number of benzene rings is 2. The zero-order chi connectivity index (χ0) is 19.3. The van der Waals surface area contributed by atoms with Gasteiger partial charge in [-0.15, -0.1) is 0 Å². The lowest BCUT2D eigenvalue weighted by atomic mass is 9.86. The van der Waals surface area contributed by atoms with E-state index < -0.39 is 0 Å². The first-order chi connectivity index (χ1) is 13.0. The average molecular weight is 365 g/mol. The predicted octanol–water partition coefficient (Wildman–Crippen LogP) is 4.98. The van der Waals surface area contributed by atoms with Crippen molar-refractivity contribution in [2.75, 3.05) is 13.1 Å². The van der Waals surface area contributed by atoms with Crippen LogP contribution < -0.4 is 5.32 Å². The monoisotopic (exact) mass is 364 g/mol. The van der Waals surface area contributed by atoms with E-state index in [-0.39, 0.29) is 17.5 Å². The van der Waals surface area contributed by atoms with Crippen molar-refractivity contribution in [1.82, 2.24) is 10.2 Å². The van der Waals surface area contributed by atoms with Crippen LogP contribution >= 0.6 is 0 Å². The predicted molar refractivity (Wildman–Crippen MR) is 112 cm³/mol. The molecule has 3 rings (SSSR count). The number of carbonyl (C=O) groups is 1. The van der Waals surface area contributed by atoms with Gasteiger partial charge in [0.05, 0.1) is 6.04 Å². The minimum absolute atomic E-state index is 0.0279. The Balaban J connectivity index is 1.91. The molecule has 27 heavy (non-hydrogen) atoms. The molecule has 0 aromatic heterocycles. The number of hydrogen-bond acceptors (Lipinski definition) is 2. The third kappa shape index (κ3) is 4.41. The van der Waals surface area contributed by atoms with Crippen molar-refractivity contribution < 1.29 is 4.79 Å². The highest BCUT2D eigenvalue weighted by molar-refractivity contribution is 5.96. The summed E-state index contributed by atoms with van der Waals surface area (Å²) in [4.78, 5) is 15.8. The van der Waals surface area contributed by atoms with Gasteiger partial charge in [0.2, 0.25) is 0 Å². The molecule has 1 N–H and O–H groups in total. The van der Waals surface area contributed by atoms with E-state index in [1.165, 1.54) is 12.8 Å². The van der Waals surface area contributed by atoms with Gasteiger partial charge in [-0.1, -0.05) is 61.9 Å². The maximum atomic E-state index is 13.3. The van der Waals surface area contributed by atoms with Crippen molar-refractivity contribution in [2.24, 2.45) is 0 Å². The molecule has 0 aliphatic carbocycles. The number of hydrogen-bond donors (Lipinski definition) is 1. The van der Waals surface area contributed by atoms with Gasteiger partial charge in [0.1, 0.15) is 0 Å². The average Bonchev–Trinajstić information content (AvgIpc) is 3.23. The Labute approximate surface area is 163 Å². The van der Waals surface area contributed by atoms with E-state index in [9.17, 15) is 4.79 Å². The topological polar surface area (TPSA) is 32.3 Å². The Morgan fingerprint density at radius 1 is 1.04 bits per heavy atom. The molecule has 0 spiro atoms. The molecule has 0 radical (unpaired) electrons. The smallest absolute Gasteiger partial charge is 0.252 e. The Hall–Kier alpha value is -2.13. The molecule has 0 saturated carbocycles. The quantitative estimate of drug-likeness (QED) is 0.751. The molecule has 1 aliphatic heterocycles. The Bertz CT molecular complexity index is 748. The third-order valence-electron chi connectivity index (χ3n) is 5.82. The lowest BCUT2D eigenvalue weighted by Gasteiger charge is -2.42. The molecule has 2 aromatic rings. The summed E-state index contributed by atoms with van der Waals surface area (Å²) in [5.41, 5.74) is 2.95. The van der Waals surface area contributed by atoms with Crippen molar-refractivity contribution in [2.45, 2.75) is 58.0 Å². The number of amides is 1. The largest absolute Gasteiger partial charge is 0.343 e. The van der Waals surface area contributed by atoms with Crippen molar-refractivity contribution in [3.05, 3.63) is 71.3 Å². The van der Waals surface area contributed by atoms with Gasteiger partial charge in [-0.3, -0.25) is 9.69 Å². The van der Waals surface area contributed by atoms with Gasteiger partial charge in [0.25, 0.3) is 5.91 Å². The second-order valence-electron chi connectivity index (χ2n) is 8.07. The Morgan fingerprint density at radius 2 is 1.67 bits per heavy atom. The highest BCUT2D eigenvalue weighted by Crippen LogP contribution is 2.34. The fourth-order valence-corrected chi connectivity index (χ4v) is 4.23. The maximum Gasteiger partial charge on any atom is 0.252 e. The molecule has 3 nitrogen and oxygen atoms in total. The standard InChI is InChI=1S/C24H32N2O/c1-4-12-19-13-8-9-16-21(19)23(27)25-22(20-14-6-5-7-15-20)24(2,3)26-17-10-11-18-26/h5-9,13-16,22H,4,10-12,17-18H2,1-3H3,(H,25,27). The van der Waals surface area contributed by atoms with Gasteiger partial charge in [0.15, 0.2) is 0 Å². The van der Waals surface area contributed by atoms with E-state index in [1.54, 1.807) is 0 Å². The molecule has 1 amide bonds. The zero-order valence-electron chi connectivity index (χ0n) is 16.9. The minimum atomic E-state index is -0.146. The zero-order valence-corrected chi connectivity index (χ0v) is 16.9. The summed E-state index contributed by atoms with van der Waals surface area (Å²) in [5.74, 6) is 0.0279. The van der Waals surface area contributed by atoms with Gasteiger partial charge in [-0.2, -0.15) is 0 Å². The molecule has 1 aliphatic rings. The summed E-state index contributed by atoms with van der Waals surface area (Å²) >= 11 is 0. The highest BCUT2D eigenvalue weighted by atomic mass is 16.1. The summed E-state index contributed by atoms with van der Waals surface area (Å²) in [6.07, 6.45) is 4.43. The number of carbonyl (C=O) groups excluding carboxylic acids is 1. The normalized spacial score (nSPS) is 16.3. The molecular weight excluding hydrogens is 332 g/mol. The van der Waals surface area contributed by atoms with Crippen LogP contribution in [-0.4, -0.2) is 29.4 Å². The van der Waals surface area contributed by atoms with Crippen molar-refractivity contribution in [3.63, 3.8) is 0 Å². The van der Waals surface area contributed by atoms with E-state index in [2.05, 4.69) is 61.3 Å². The van der Waals surface area contributed by atoms with Crippen molar-refractivity contribution in [1.29, 1.82) is 0 Å². The van der Waals surface area contributed by atoms with Crippen LogP contribution in [0, 0.1) is 0 Å². The fourth-order valence-electron chi connectivity index (χ4n) is 4.23. The van der Waals surface area contributed by atoms with Crippen LogP contribution in [0.3, 0.4) is 0 Å². The summed E-state index contributed by atoms with van der Waals surface area (Å²) in [7, 11) is 0.